The van der Waals surface area contributed by atoms with Crippen LogP contribution in [0, 0.1) is 0 Å². The summed E-state index contributed by atoms with van der Waals surface area (Å²) in [6, 6.07) is 0. The maximum absolute atomic E-state index is 5.79. The number of hydrogen-bond acceptors (Lipinski definition) is 6. The van der Waals surface area contributed by atoms with E-state index in [0.717, 1.165) is 0 Å². The summed E-state index contributed by atoms with van der Waals surface area (Å²) in [5, 5.41) is 3.81. The van der Waals surface area contributed by atoms with E-state index < -0.39 is 0 Å². The van der Waals surface area contributed by atoms with Gasteiger partial charge in [-0.2, -0.15) is 5.10 Å². The highest BCUT2D eigenvalue weighted by Gasteiger charge is 2.15. The molecule has 7 nitrogen and oxygen atoms in total. The molecule has 1 aromatic heterocycles. The lowest BCUT2D eigenvalue weighted by atomic mass is 10.2. The lowest BCUT2D eigenvalue weighted by Gasteiger charge is -2.15. The van der Waals surface area contributed by atoms with Crippen LogP contribution in [0.5, 0.6) is 5.75 Å². The van der Waals surface area contributed by atoms with Gasteiger partial charge in [0.05, 0.1) is 12.8 Å². The van der Waals surface area contributed by atoms with Crippen molar-refractivity contribution in [2.24, 2.45) is 21.6 Å². The Bertz CT molecular complexity index is 585. The molecule has 108 valence electrons. The Hall–Kier alpha value is -2.41. The first kappa shape index (κ1) is 15.6. The number of nitrogens with zero attached hydrogens (tertiary/aromatic N) is 4. The maximum atomic E-state index is 5.79. The van der Waals surface area contributed by atoms with Gasteiger partial charge in [0.25, 0.3) is 0 Å². The molecule has 0 atom stereocenters. The molecule has 7 heteroatoms. The Morgan fingerprint density at radius 3 is 2.75 bits per heavy atom. The lowest BCUT2D eigenvalue weighted by Crippen LogP contribution is -2.26. The molecule has 0 aliphatic carbocycles. The zero-order valence-electron chi connectivity index (χ0n) is 11.8. The minimum absolute atomic E-state index is 0.0771. The lowest BCUT2D eigenvalue weighted by molar-refractivity contribution is 0.234. The molecule has 0 unspecified atom stereocenters. The Kier molecular flexibility index (Phi) is 5.67. The molecule has 0 amide bonds. The third kappa shape index (κ3) is 3.33. The number of nitrogens with two attached hydrogens (primary N) is 2. The molecule has 4 N–H and O–H groups in total. The van der Waals surface area contributed by atoms with Crippen molar-refractivity contribution >= 4 is 12.3 Å². The Morgan fingerprint density at radius 1 is 1.60 bits per heavy atom. The Labute approximate surface area is 118 Å². The summed E-state index contributed by atoms with van der Waals surface area (Å²) in [5.41, 5.74) is 12.7. The van der Waals surface area contributed by atoms with Gasteiger partial charge < -0.3 is 16.2 Å². The van der Waals surface area contributed by atoms with Crippen LogP contribution in [0.3, 0.4) is 0 Å². The first-order valence-electron chi connectivity index (χ1n) is 6.09. The van der Waals surface area contributed by atoms with E-state index in [4.69, 9.17) is 16.2 Å². The van der Waals surface area contributed by atoms with E-state index in [1.54, 1.807) is 6.08 Å². The molecule has 1 heterocycles. The monoisotopic (exact) mass is 276 g/mol. The maximum Gasteiger partial charge on any atom is 0.196 e. The number of rotatable bonds is 6. The second-order valence-electron chi connectivity index (χ2n) is 4.07. The average Bonchev–Trinajstić information content (AvgIpc) is 2.43. The van der Waals surface area contributed by atoms with Crippen molar-refractivity contribution in [2.45, 2.75) is 20.0 Å². The molecule has 0 saturated carbocycles. The molecule has 0 aliphatic rings. The van der Waals surface area contributed by atoms with Gasteiger partial charge in [0.1, 0.15) is 12.0 Å². The van der Waals surface area contributed by atoms with Crippen molar-refractivity contribution < 1.29 is 4.74 Å². The third-order valence-electron chi connectivity index (χ3n) is 2.35. The van der Waals surface area contributed by atoms with E-state index in [9.17, 15) is 0 Å². The van der Waals surface area contributed by atoms with Gasteiger partial charge in [-0.25, -0.2) is 14.7 Å². The summed E-state index contributed by atoms with van der Waals surface area (Å²) in [7, 11) is 0. The normalized spacial score (nSPS) is 12.6. The van der Waals surface area contributed by atoms with Gasteiger partial charge >= 0.3 is 0 Å². The number of aromatic nitrogens is 2. The zero-order chi connectivity index (χ0) is 15.1. The van der Waals surface area contributed by atoms with Gasteiger partial charge in [-0.15, -0.1) is 0 Å². The van der Waals surface area contributed by atoms with E-state index in [2.05, 4.69) is 28.4 Å². The van der Waals surface area contributed by atoms with Crippen LogP contribution in [-0.2, 0) is 0 Å². The van der Waals surface area contributed by atoms with Crippen LogP contribution in [0.2, 0.25) is 0 Å². The second-order valence-corrected chi connectivity index (χ2v) is 4.07. The number of hydrogen-bond donors (Lipinski definition) is 2. The van der Waals surface area contributed by atoms with Gasteiger partial charge in [-0.1, -0.05) is 12.7 Å². The highest BCUT2D eigenvalue weighted by atomic mass is 16.5. The fraction of sp³-hybridized carbons (Fsp3) is 0.308. The molecule has 0 saturated heterocycles. The highest BCUT2D eigenvalue weighted by molar-refractivity contribution is 5.74. The van der Waals surface area contributed by atoms with Crippen molar-refractivity contribution in [2.75, 3.05) is 6.67 Å². The second kappa shape index (κ2) is 7.25. The Morgan fingerprint density at radius 2 is 2.30 bits per heavy atom. The minimum atomic E-state index is -0.0771. The average molecular weight is 276 g/mol. The highest BCUT2D eigenvalue weighted by Crippen LogP contribution is 2.21. The van der Waals surface area contributed by atoms with Gasteiger partial charge in [0.15, 0.2) is 11.2 Å². The van der Waals surface area contributed by atoms with Crippen molar-refractivity contribution in [3.8, 4) is 5.75 Å². The van der Waals surface area contributed by atoms with E-state index in [0.29, 0.717) is 22.5 Å². The molecular weight excluding hydrogens is 256 g/mol. The van der Waals surface area contributed by atoms with Crippen LogP contribution in [0.4, 0.5) is 0 Å². The van der Waals surface area contributed by atoms with Gasteiger partial charge in [-0.05, 0) is 13.8 Å². The molecule has 1 rings (SSSR count). The molecule has 20 heavy (non-hydrogen) atoms. The Balaban J connectivity index is 3.69. The summed E-state index contributed by atoms with van der Waals surface area (Å²) >= 11 is 0. The van der Waals surface area contributed by atoms with E-state index in [-0.39, 0.29) is 12.8 Å². The number of ether oxygens (including phenoxy) is 1. The third-order valence-corrected chi connectivity index (χ3v) is 2.35. The molecule has 0 aliphatic heterocycles. The van der Waals surface area contributed by atoms with Crippen LogP contribution >= 0.6 is 0 Å². The topological polar surface area (TPSA) is 104 Å². The molecule has 0 bridgehead atoms. The summed E-state index contributed by atoms with van der Waals surface area (Å²) in [6.45, 7) is 11.1. The summed E-state index contributed by atoms with van der Waals surface area (Å²) < 4.78 is 7.19. The summed E-state index contributed by atoms with van der Waals surface area (Å²) in [5.74, 6) is 0.442. The number of allylic oxidation sites excluding steroid dienone is 2. The van der Waals surface area contributed by atoms with Gasteiger partial charge in [0.2, 0.25) is 0 Å². The molecule has 0 spiro atoms. The zero-order valence-corrected chi connectivity index (χ0v) is 11.8. The van der Waals surface area contributed by atoms with Crippen molar-refractivity contribution in [3.63, 3.8) is 0 Å². The van der Waals surface area contributed by atoms with Crippen LogP contribution in [-0.4, -0.2) is 29.2 Å². The van der Waals surface area contributed by atoms with Crippen LogP contribution in [0.1, 0.15) is 19.5 Å². The molecule has 0 radical (unpaired) electrons. The van der Waals surface area contributed by atoms with E-state index in [1.807, 2.05) is 13.8 Å². The molecular formula is C13H20N6O. The minimum Gasteiger partial charge on any atom is -0.485 e. The van der Waals surface area contributed by atoms with Crippen molar-refractivity contribution in [1.82, 2.24) is 9.66 Å². The summed E-state index contributed by atoms with van der Waals surface area (Å²) in [4.78, 5) is 8.45. The smallest absolute Gasteiger partial charge is 0.196 e. The van der Waals surface area contributed by atoms with E-state index >= 15 is 0 Å². The standard InChI is InChI=1S/C13H20N6O/c1-5-10(6-14)11-12(20-9(2)3)13(17-7-15)19(16-4)8-18-11/h5-6,8-9H,1,4,7,14-15H2,2-3H3/b10-6+,17-13-. The van der Waals surface area contributed by atoms with E-state index in [1.165, 1.54) is 17.2 Å². The van der Waals surface area contributed by atoms with Crippen LogP contribution in [0.15, 0.2) is 35.3 Å². The quantitative estimate of drug-likeness (QED) is 0.581. The molecule has 0 fully saturated rings. The predicted octanol–water partition coefficient (Wildman–Crippen LogP) is 0.437. The fourth-order valence-electron chi connectivity index (χ4n) is 1.56. The summed E-state index contributed by atoms with van der Waals surface area (Å²) in [6.07, 6.45) is 4.39. The van der Waals surface area contributed by atoms with Gasteiger partial charge in [-0.3, -0.25) is 0 Å². The van der Waals surface area contributed by atoms with Crippen LogP contribution in [0.25, 0.3) is 5.57 Å². The largest absolute Gasteiger partial charge is 0.485 e. The first-order valence-corrected chi connectivity index (χ1v) is 6.09. The fourth-order valence-corrected chi connectivity index (χ4v) is 1.56. The predicted molar refractivity (Wildman–Crippen MR) is 79.9 cm³/mol. The molecule has 0 aromatic carbocycles. The van der Waals surface area contributed by atoms with Crippen LogP contribution < -0.4 is 21.7 Å². The van der Waals surface area contributed by atoms with Crippen molar-refractivity contribution in [3.05, 3.63) is 36.4 Å². The first-order chi connectivity index (χ1) is 9.58. The van der Waals surface area contributed by atoms with Crippen molar-refractivity contribution in [1.29, 1.82) is 0 Å². The van der Waals surface area contributed by atoms with Gasteiger partial charge in [0, 0.05) is 18.5 Å². The SMILES string of the molecule is C=C/C(=C\N)c1ncn(N=C)/c(=N\CN)c1OC(C)C. The molecule has 1 aromatic rings.